The normalized spacial score (nSPS) is 13.2. The summed E-state index contributed by atoms with van der Waals surface area (Å²) >= 11 is 0. The molecule has 1 atom stereocenters. The molecule has 0 aromatic carbocycles. The third-order valence-electron chi connectivity index (χ3n) is 5.22. The number of hydrogen-bond donors (Lipinski definition) is 2. The maximum atomic E-state index is 11.3. The van der Waals surface area contributed by atoms with Gasteiger partial charge < -0.3 is 5.11 Å². The smallest absolute Gasteiger partial charge is 0.267 e. The van der Waals surface area contributed by atoms with Crippen molar-refractivity contribution in [2.75, 3.05) is 6.61 Å². The van der Waals surface area contributed by atoms with Crippen LogP contribution in [0.3, 0.4) is 0 Å². The molecule has 4 nitrogen and oxygen atoms in total. The van der Waals surface area contributed by atoms with Crippen molar-refractivity contribution in [1.82, 2.24) is 0 Å². The Morgan fingerprint density at radius 2 is 0.962 bits per heavy atom. The molecule has 0 saturated heterocycles. The zero-order valence-electron chi connectivity index (χ0n) is 17.1. The lowest BCUT2D eigenvalue weighted by Gasteiger charge is -2.12. The fourth-order valence-electron chi connectivity index (χ4n) is 3.55. The van der Waals surface area contributed by atoms with Crippen LogP contribution in [0.4, 0.5) is 0 Å². The van der Waals surface area contributed by atoms with Gasteiger partial charge in [0.25, 0.3) is 10.1 Å². The zero-order chi connectivity index (χ0) is 19.5. The maximum absolute atomic E-state index is 11.3. The molecule has 1 unspecified atom stereocenters. The van der Waals surface area contributed by atoms with E-state index >= 15 is 0 Å². The van der Waals surface area contributed by atoms with Crippen LogP contribution in [-0.2, 0) is 10.1 Å². The van der Waals surface area contributed by atoms with Crippen molar-refractivity contribution in [1.29, 1.82) is 0 Å². The average molecular weight is 393 g/mol. The van der Waals surface area contributed by atoms with E-state index in [0.29, 0.717) is 19.4 Å². The van der Waals surface area contributed by atoms with Crippen molar-refractivity contribution in [3.8, 4) is 0 Å². The third kappa shape index (κ3) is 17.3. The predicted octanol–water partition coefficient (Wildman–Crippen LogP) is 6.28. The highest BCUT2D eigenvalue weighted by Gasteiger charge is 2.20. The molecule has 26 heavy (non-hydrogen) atoms. The van der Waals surface area contributed by atoms with Gasteiger partial charge in [0.05, 0.1) is 5.25 Å². The summed E-state index contributed by atoms with van der Waals surface area (Å²) in [5, 5.41) is 8.16. The minimum atomic E-state index is -3.86. The number of aliphatic hydroxyl groups is 1. The van der Waals surface area contributed by atoms with Crippen LogP contribution in [0.1, 0.15) is 122 Å². The lowest BCUT2D eigenvalue weighted by atomic mass is 10.0. The Bertz CT molecular complexity index is 381. The SMILES string of the molecule is CCCC(CCCCCCCCCCCCCCCCCO)S(=O)(=O)O. The van der Waals surface area contributed by atoms with Gasteiger partial charge in [-0.2, -0.15) is 8.42 Å². The monoisotopic (exact) mass is 392 g/mol. The molecule has 0 aliphatic carbocycles. The lowest BCUT2D eigenvalue weighted by Crippen LogP contribution is -2.20. The van der Waals surface area contributed by atoms with Crippen molar-refractivity contribution < 1.29 is 18.1 Å². The van der Waals surface area contributed by atoms with Gasteiger partial charge in [0.2, 0.25) is 0 Å². The minimum Gasteiger partial charge on any atom is -0.396 e. The molecule has 0 rings (SSSR count). The van der Waals surface area contributed by atoms with Crippen molar-refractivity contribution in [3.63, 3.8) is 0 Å². The second-order valence-electron chi connectivity index (χ2n) is 7.74. The number of rotatable bonds is 20. The summed E-state index contributed by atoms with van der Waals surface area (Å²) in [6, 6.07) is 0. The van der Waals surface area contributed by atoms with Gasteiger partial charge in [-0.3, -0.25) is 4.55 Å². The zero-order valence-corrected chi connectivity index (χ0v) is 17.9. The van der Waals surface area contributed by atoms with Gasteiger partial charge >= 0.3 is 0 Å². The summed E-state index contributed by atoms with van der Waals surface area (Å²) in [5.41, 5.74) is 0. The Morgan fingerprint density at radius 3 is 1.27 bits per heavy atom. The molecule has 5 heteroatoms. The fourth-order valence-corrected chi connectivity index (χ4v) is 4.54. The van der Waals surface area contributed by atoms with Crippen LogP contribution in [0.5, 0.6) is 0 Å². The summed E-state index contributed by atoms with van der Waals surface area (Å²) in [5.74, 6) is 0. The van der Waals surface area contributed by atoms with Crippen LogP contribution in [0.15, 0.2) is 0 Å². The number of aliphatic hydroxyl groups excluding tert-OH is 1. The topological polar surface area (TPSA) is 74.6 Å². The first-order valence-electron chi connectivity index (χ1n) is 11.1. The van der Waals surface area contributed by atoms with Crippen molar-refractivity contribution >= 4 is 10.1 Å². The predicted molar refractivity (Wildman–Crippen MR) is 111 cm³/mol. The lowest BCUT2D eigenvalue weighted by molar-refractivity contribution is 0.282. The molecule has 0 fully saturated rings. The first-order valence-corrected chi connectivity index (χ1v) is 12.6. The molecule has 0 bridgehead atoms. The molecule has 2 N–H and O–H groups in total. The van der Waals surface area contributed by atoms with Crippen molar-refractivity contribution in [3.05, 3.63) is 0 Å². The van der Waals surface area contributed by atoms with E-state index in [1.54, 1.807) is 0 Å². The largest absolute Gasteiger partial charge is 0.396 e. The molecule has 0 aromatic heterocycles. The van der Waals surface area contributed by atoms with Gasteiger partial charge in [-0.15, -0.1) is 0 Å². The highest BCUT2D eigenvalue weighted by molar-refractivity contribution is 7.86. The molecule has 0 aliphatic heterocycles. The Balaban J connectivity index is 3.29. The van der Waals surface area contributed by atoms with Crippen LogP contribution < -0.4 is 0 Å². The molecular formula is C21H44O4S. The second kappa shape index (κ2) is 18.2. The first kappa shape index (κ1) is 25.9. The minimum absolute atomic E-state index is 0.337. The molecule has 0 aliphatic rings. The van der Waals surface area contributed by atoms with Crippen LogP contribution in [0.2, 0.25) is 0 Å². The maximum Gasteiger partial charge on any atom is 0.267 e. The molecule has 158 valence electrons. The molecule has 0 radical (unpaired) electrons. The highest BCUT2D eigenvalue weighted by atomic mass is 32.2. The van der Waals surface area contributed by atoms with Gasteiger partial charge in [-0.05, 0) is 19.3 Å². The van der Waals surface area contributed by atoms with E-state index in [9.17, 15) is 13.0 Å². The third-order valence-corrected chi connectivity index (χ3v) is 6.53. The Kier molecular flexibility index (Phi) is 18.2. The van der Waals surface area contributed by atoms with E-state index in [4.69, 9.17) is 5.11 Å². The summed E-state index contributed by atoms with van der Waals surface area (Å²) in [7, 11) is -3.86. The van der Waals surface area contributed by atoms with Crippen LogP contribution in [0, 0.1) is 0 Å². The van der Waals surface area contributed by atoms with Gasteiger partial charge in [0, 0.05) is 6.61 Å². The van der Waals surface area contributed by atoms with E-state index < -0.39 is 15.4 Å². The molecule has 0 heterocycles. The Labute approximate surface area is 162 Å². The van der Waals surface area contributed by atoms with Crippen molar-refractivity contribution in [2.45, 2.75) is 128 Å². The van der Waals surface area contributed by atoms with Gasteiger partial charge in [-0.1, -0.05) is 103 Å². The molecule has 0 aromatic rings. The number of hydrogen-bond acceptors (Lipinski definition) is 3. The van der Waals surface area contributed by atoms with Crippen molar-refractivity contribution in [2.24, 2.45) is 0 Å². The fraction of sp³-hybridized carbons (Fsp3) is 1.00. The highest BCUT2D eigenvalue weighted by Crippen LogP contribution is 2.17. The summed E-state index contributed by atoms with van der Waals surface area (Å²) in [4.78, 5) is 0. The first-order chi connectivity index (χ1) is 12.5. The van der Waals surface area contributed by atoms with E-state index in [1.807, 2.05) is 6.92 Å². The van der Waals surface area contributed by atoms with Crippen LogP contribution in [0.25, 0.3) is 0 Å². The van der Waals surface area contributed by atoms with Crippen LogP contribution in [-0.4, -0.2) is 29.9 Å². The second-order valence-corrected chi connectivity index (χ2v) is 9.44. The van der Waals surface area contributed by atoms with Crippen LogP contribution >= 0.6 is 0 Å². The van der Waals surface area contributed by atoms with Gasteiger partial charge in [0.15, 0.2) is 0 Å². The summed E-state index contributed by atoms with van der Waals surface area (Å²) in [6.45, 7) is 2.29. The van der Waals surface area contributed by atoms with E-state index in [1.165, 1.54) is 77.0 Å². The molecule has 0 amide bonds. The Morgan fingerprint density at radius 1 is 0.615 bits per heavy atom. The van der Waals surface area contributed by atoms with Gasteiger partial charge in [0.1, 0.15) is 0 Å². The Hall–Kier alpha value is -0.130. The average Bonchev–Trinajstić information content (AvgIpc) is 2.59. The van der Waals surface area contributed by atoms with E-state index in [2.05, 4.69) is 0 Å². The quantitative estimate of drug-likeness (QED) is 0.189. The van der Waals surface area contributed by atoms with E-state index in [0.717, 1.165) is 25.7 Å². The molecule has 0 saturated carbocycles. The summed E-state index contributed by atoms with van der Waals surface area (Å²) < 4.78 is 31.7. The molecular weight excluding hydrogens is 348 g/mol. The number of unbranched alkanes of at least 4 members (excludes halogenated alkanes) is 14. The summed E-state index contributed by atoms with van der Waals surface area (Å²) in [6.07, 6.45) is 20.4. The molecule has 0 spiro atoms. The van der Waals surface area contributed by atoms with Gasteiger partial charge in [-0.25, -0.2) is 0 Å². The standard InChI is InChI=1S/C21H44O4S/c1-2-18-21(26(23,24)25)19-16-14-12-10-8-6-4-3-5-7-9-11-13-15-17-20-22/h21-22H,2-20H2,1H3,(H,23,24,25). The van der Waals surface area contributed by atoms with E-state index in [-0.39, 0.29) is 0 Å².